The number of aromatic nitrogens is 1. The van der Waals surface area contributed by atoms with Crippen LogP contribution in [0.2, 0.25) is 5.02 Å². The standard InChI is InChI=1S/C20H20ClNO3S2/c1-26-13-15-4-3-5-18-19(12-22-20(15)18)17(10-11-25-27(2,23)24)14-6-8-16(21)9-7-14/h3-10,12,22H,11,13H2,1-2H3/b17-10+. The van der Waals surface area contributed by atoms with Gasteiger partial charge in [-0.15, -0.1) is 0 Å². The van der Waals surface area contributed by atoms with E-state index in [2.05, 4.69) is 23.4 Å². The van der Waals surface area contributed by atoms with E-state index in [0.29, 0.717) is 5.02 Å². The van der Waals surface area contributed by atoms with Crippen LogP contribution in [-0.4, -0.2) is 32.5 Å². The third-order valence-electron chi connectivity index (χ3n) is 4.12. The molecule has 1 heterocycles. The monoisotopic (exact) mass is 421 g/mol. The third kappa shape index (κ3) is 4.96. The molecule has 0 aliphatic rings. The van der Waals surface area contributed by atoms with Crippen molar-refractivity contribution in [2.75, 3.05) is 19.1 Å². The first-order valence-corrected chi connectivity index (χ1v) is 11.9. The van der Waals surface area contributed by atoms with Gasteiger partial charge in [0.2, 0.25) is 0 Å². The fourth-order valence-corrected chi connectivity index (χ4v) is 3.96. The van der Waals surface area contributed by atoms with E-state index in [0.717, 1.165) is 39.6 Å². The van der Waals surface area contributed by atoms with Crippen LogP contribution in [0.3, 0.4) is 0 Å². The molecule has 0 aliphatic heterocycles. The van der Waals surface area contributed by atoms with E-state index >= 15 is 0 Å². The van der Waals surface area contributed by atoms with E-state index in [9.17, 15) is 8.42 Å². The summed E-state index contributed by atoms with van der Waals surface area (Å²) in [7, 11) is -3.51. The van der Waals surface area contributed by atoms with Crippen molar-refractivity contribution in [2.45, 2.75) is 5.75 Å². The molecule has 0 atom stereocenters. The third-order valence-corrected chi connectivity index (χ3v) is 5.53. The number of nitrogens with one attached hydrogen (secondary N) is 1. The van der Waals surface area contributed by atoms with Crippen LogP contribution in [0, 0.1) is 0 Å². The zero-order valence-corrected chi connectivity index (χ0v) is 17.4. The molecule has 0 saturated heterocycles. The number of thioether (sulfide) groups is 1. The molecule has 1 aromatic heterocycles. The maximum atomic E-state index is 11.3. The molecule has 0 aliphatic carbocycles. The van der Waals surface area contributed by atoms with Gasteiger partial charge in [0, 0.05) is 27.9 Å². The largest absolute Gasteiger partial charge is 0.360 e. The number of halogens is 1. The van der Waals surface area contributed by atoms with Gasteiger partial charge in [0.15, 0.2) is 0 Å². The predicted molar refractivity (Wildman–Crippen MR) is 115 cm³/mol. The van der Waals surface area contributed by atoms with Gasteiger partial charge in [0.05, 0.1) is 18.4 Å². The van der Waals surface area contributed by atoms with Gasteiger partial charge in [-0.3, -0.25) is 4.18 Å². The Morgan fingerprint density at radius 2 is 1.96 bits per heavy atom. The molecular formula is C20H20ClNO3S2. The number of benzene rings is 2. The number of aromatic amines is 1. The Hall–Kier alpha value is -1.73. The van der Waals surface area contributed by atoms with Crippen LogP contribution >= 0.6 is 23.4 Å². The first-order chi connectivity index (χ1) is 12.9. The van der Waals surface area contributed by atoms with Gasteiger partial charge in [-0.05, 0) is 41.2 Å². The Balaban J connectivity index is 2.10. The van der Waals surface area contributed by atoms with Gasteiger partial charge in [-0.25, -0.2) is 0 Å². The Morgan fingerprint density at radius 1 is 1.22 bits per heavy atom. The van der Waals surface area contributed by atoms with Crippen molar-refractivity contribution >= 4 is 50.0 Å². The minimum absolute atomic E-state index is 0.0338. The van der Waals surface area contributed by atoms with Crippen molar-refractivity contribution in [3.63, 3.8) is 0 Å². The summed E-state index contributed by atoms with van der Waals surface area (Å²) in [5, 5.41) is 1.73. The molecule has 27 heavy (non-hydrogen) atoms. The van der Waals surface area contributed by atoms with Crippen molar-refractivity contribution in [3.05, 3.63) is 76.5 Å². The minimum Gasteiger partial charge on any atom is -0.360 e. The average Bonchev–Trinajstić information content (AvgIpc) is 3.04. The zero-order valence-electron chi connectivity index (χ0n) is 15.0. The molecule has 0 saturated carbocycles. The molecule has 0 fully saturated rings. The van der Waals surface area contributed by atoms with Crippen LogP contribution in [0.1, 0.15) is 16.7 Å². The highest BCUT2D eigenvalue weighted by molar-refractivity contribution is 7.97. The van der Waals surface area contributed by atoms with Gasteiger partial charge < -0.3 is 4.98 Å². The Kier molecular flexibility index (Phi) is 6.32. The molecule has 3 rings (SSSR count). The van der Waals surface area contributed by atoms with Crippen LogP contribution in [0.4, 0.5) is 0 Å². The second kappa shape index (κ2) is 8.52. The van der Waals surface area contributed by atoms with Crippen LogP contribution in [0.5, 0.6) is 0 Å². The number of fused-ring (bicyclic) bond motifs is 1. The molecule has 0 bridgehead atoms. The van der Waals surface area contributed by atoms with Gasteiger partial charge in [0.1, 0.15) is 0 Å². The van der Waals surface area contributed by atoms with Crippen molar-refractivity contribution in [1.82, 2.24) is 4.98 Å². The molecule has 7 heteroatoms. The first kappa shape index (κ1) is 20.0. The fraction of sp³-hybridized carbons (Fsp3) is 0.200. The summed E-state index contributed by atoms with van der Waals surface area (Å²) < 4.78 is 27.6. The molecule has 0 spiro atoms. The second-order valence-electron chi connectivity index (χ2n) is 6.09. The van der Waals surface area contributed by atoms with Crippen molar-refractivity contribution in [1.29, 1.82) is 0 Å². The minimum atomic E-state index is -3.51. The summed E-state index contributed by atoms with van der Waals surface area (Å²) in [6.45, 7) is -0.0338. The lowest BCUT2D eigenvalue weighted by atomic mass is 9.96. The number of rotatable bonds is 7. The molecule has 1 N–H and O–H groups in total. The van der Waals surface area contributed by atoms with E-state index in [1.165, 1.54) is 5.56 Å². The highest BCUT2D eigenvalue weighted by Crippen LogP contribution is 2.32. The molecule has 4 nitrogen and oxygen atoms in total. The Bertz CT molecular complexity index is 1070. The van der Waals surface area contributed by atoms with Gasteiger partial charge >= 0.3 is 0 Å². The molecule has 0 unspecified atom stereocenters. The molecule has 142 valence electrons. The van der Waals surface area contributed by atoms with E-state index in [1.54, 1.807) is 17.8 Å². The molecule has 0 amide bonds. The van der Waals surface area contributed by atoms with Crippen molar-refractivity contribution in [2.24, 2.45) is 0 Å². The summed E-state index contributed by atoms with van der Waals surface area (Å²) in [6.07, 6.45) is 6.86. The second-order valence-corrected chi connectivity index (χ2v) is 9.03. The Labute approximate surface area is 168 Å². The summed E-state index contributed by atoms with van der Waals surface area (Å²) in [5.74, 6) is 0.911. The first-order valence-electron chi connectivity index (χ1n) is 8.28. The fourth-order valence-electron chi connectivity index (χ4n) is 2.97. The number of hydrogen-bond donors (Lipinski definition) is 1. The highest BCUT2D eigenvalue weighted by atomic mass is 35.5. The predicted octanol–water partition coefficient (Wildman–Crippen LogP) is 5.09. The van der Waals surface area contributed by atoms with Crippen molar-refractivity contribution < 1.29 is 12.6 Å². The number of para-hydroxylation sites is 1. The quantitative estimate of drug-likeness (QED) is 0.539. The van der Waals surface area contributed by atoms with Crippen LogP contribution in [0.15, 0.2) is 54.7 Å². The summed E-state index contributed by atoms with van der Waals surface area (Å²) in [4.78, 5) is 3.37. The highest BCUT2D eigenvalue weighted by Gasteiger charge is 2.13. The SMILES string of the molecule is CSCc1cccc2c(/C(=C/COS(C)(=O)=O)c3ccc(Cl)cc3)c[nH]c12. The van der Waals surface area contributed by atoms with Crippen LogP contribution < -0.4 is 0 Å². The average molecular weight is 422 g/mol. The lowest BCUT2D eigenvalue weighted by Crippen LogP contribution is -2.03. The summed E-state index contributed by atoms with van der Waals surface area (Å²) >= 11 is 7.79. The summed E-state index contributed by atoms with van der Waals surface area (Å²) in [5.41, 5.74) is 5.14. The lowest BCUT2D eigenvalue weighted by molar-refractivity contribution is 0.362. The Morgan fingerprint density at radius 3 is 2.63 bits per heavy atom. The van der Waals surface area contributed by atoms with E-state index in [1.807, 2.05) is 36.5 Å². The maximum absolute atomic E-state index is 11.3. The van der Waals surface area contributed by atoms with Gasteiger partial charge in [-0.1, -0.05) is 41.9 Å². The van der Waals surface area contributed by atoms with Crippen molar-refractivity contribution in [3.8, 4) is 0 Å². The van der Waals surface area contributed by atoms with E-state index < -0.39 is 10.1 Å². The number of H-pyrrole nitrogens is 1. The van der Waals surface area contributed by atoms with Crippen LogP contribution in [-0.2, 0) is 20.1 Å². The lowest BCUT2D eigenvalue weighted by Gasteiger charge is -2.09. The molecular weight excluding hydrogens is 402 g/mol. The maximum Gasteiger partial charge on any atom is 0.264 e. The smallest absolute Gasteiger partial charge is 0.264 e. The number of hydrogen-bond acceptors (Lipinski definition) is 4. The van der Waals surface area contributed by atoms with E-state index in [-0.39, 0.29) is 6.61 Å². The molecule has 3 aromatic rings. The molecule has 2 aromatic carbocycles. The zero-order chi connectivity index (χ0) is 19.4. The normalized spacial score (nSPS) is 12.6. The topological polar surface area (TPSA) is 59.2 Å². The van der Waals surface area contributed by atoms with E-state index in [4.69, 9.17) is 15.8 Å². The van der Waals surface area contributed by atoms with Crippen LogP contribution in [0.25, 0.3) is 16.5 Å². The summed E-state index contributed by atoms with van der Waals surface area (Å²) in [6, 6.07) is 13.7. The molecule has 0 radical (unpaired) electrons. The van der Waals surface area contributed by atoms with Gasteiger partial charge in [-0.2, -0.15) is 20.2 Å². The van der Waals surface area contributed by atoms with Gasteiger partial charge in [0.25, 0.3) is 10.1 Å².